The summed E-state index contributed by atoms with van der Waals surface area (Å²) in [6.07, 6.45) is -0.464. The summed E-state index contributed by atoms with van der Waals surface area (Å²) >= 11 is 3.42. The Bertz CT molecular complexity index is 733. The first-order valence-electron chi connectivity index (χ1n) is 8.85. The number of benzene rings is 2. The molecule has 0 radical (unpaired) electrons. The molecule has 0 aliphatic carbocycles. The van der Waals surface area contributed by atoms with Crippen LogP contribution in [0.4, 0.5) is 4.79 Å². The van der Waals surface area contributed by atoms with Crippen LogP contribution < -0.4 is 16.2 Å². The number of carbonyl (C=O) groups is 1. The normalized spacial score (nSPS) is 11.7. The summed E-state index contributed by atoms with van der Waals surface area (Å²) in [6, 6.07) is 17.4. The lowest BCUT2D eigenvalue weighted by molar-refractivity contribution is 0.134. The molecular weight excluding hydrogens is 406 g/mol. The van der Waals surface area contributed by atoms with Gasteiger partial charge in [-0.2, -0.15) is 0 Å². The highest BCUT2D eigenvalue weighted by Gasteiger charge is 2.20. The van der Waals surface area contributed by atoms with Gasteiger partial charge in [0.1, 0.15) is 6.61 Å². The zero-order valence-corrected chi connectivity index (χ0v) is 17.3. The fourth-order valence-corrected chi connectivity index (χ4v) is 2.75. The molecule has 0 bridgehead atoms. The van der Waals surface area contributed by atoms with Crippen LogP contribution in [0.3, 0.4) is 0 Å². The van der Waals surface area contributed by atoms with Gasteiger partial charge in [-0.1, -0.05) is 78.8 Å². The third kappa shape index (κ3) is 7.45. The molecule has 0 aliphatic heterocycles. The van der Waals surface area contributed by atoms with E-state index in [1.54, 1.807) is 0 Å². The fraction of sp³-hybridized carbons (Fsp3) is 0.286. The molecule has 0 spiro atoms. The zero-order valence-electron chi connectivity index (χ0n) is 15.7. The number of alkyl carbamates (subject to hydrolysis) is 1. The standard InChI is InChI=1S/C21H26BrN3O2/c1-15(2)20(24-21(26)27-14-18-7-5-4-6-8-18)16(3)25-23-13-17-9-11-19(22)12-10-17/h4-12,15,20,23,25H,3,13-14H2,1-2H3,(H,24,26)/t20-/m0/s1. The van der Waals surface area contributed by atoms with Gasteiger partial charge in [-0.15, -0.1) is 0 Å². The van der Waals surface area contributed by atoms with Gasteiger partial charge in [-0.3, -0.25) is 0 Å². The Morgan fingerprint density at radius 1 is 1.07 bits per heavy atom. The number of carbonyl (C=O) groups excluding carboxylic acids is 1. The van der Waals surface area contributed by atoms with Crippen molar-refractivity contribution >= 4 is 22.0 Å². The van der Waals surface area contributed by atoms with Crippen LogP contribution in [-0.4, -0.2) is 12.1 Å². The van der Waals surface area contributed by atoms with Gasteiger partial charge >= 0.3 is 6.09 Å². The second-order valence-electron chi connectivity index (χ2n) is 6.56. The molecule has 1 atom stereocenters. The average molecular weight is 432 g/mol. The van der Waals surface area contributed by atoms with Crippen LogP contribution in [0.15, 0.2) is 71.3 Å². The molecule has 0 aromatic heterocycles. The summed E-state index contributed by atoms with van der Waals surface area (Å²) in [5.41, 5.74) is 8.97. The minimum Gasteiger partial charge on any atom is -0.445 e. The van der Waals surface area contributed by atoms with Gasteiger partial charge in [0.2, 0.25) is 0 Å². The van der Waals surface area contributed by atoms with E-state index < -0.39 is 6.09 Å². The predicted octanol–water partition coefficient (Wildman–Crippen LogP) is 4.51. The second-order valence-corrected chi connectivity index (χ2v) is 7.47. The smallest absolute Gasteiger partial charge is 0.408 e. The van der Waals surface area contributed by atoms with Crippen LogP contribution in [0.2, 0.25) is 0 Å². The van der Waals surface area contributed by atoms with Crippen molar-refractivity contribution in [2.75, 3.05) is 0 Å². The monoisotopic (exact) mass is 431 g/mol. The zero-order chi connectivity index (χ0) is 19.6. The van der Waals surface area contributed by atoms with Crippen LogP contribution in [0.5, 0.6) is 0 Å². The Labute approximate surface area is 169 Å². The van der Waals surface area contributed by atoms with Crippen LogP contribution in [0.25, 0.3) is 0 Å². The molecule has 5 nitrogen and oxygen atoms in total. The number of hydrogen-bond acceptors (Lipinski definition) is 4. The predicted molar refractivity (Wildman–Crippen MR) is 112 cm³/mol. The second kappa shape index (κ2) is 10.7. The molecule has 0 fully saturated rings. The van der Waals surface area contributed by atoms with Crippen molar-refractivity contribution in [3.63, 3.8) is 0 Å². The largest absolute Gasteiger partial charge is 0.445 e. The minimum atomic E-state index is -0.464. The van der Waals surface area contributed by atoms with E-state index in [2.05, 4.69) is 38.7 Å². The average Bonchev–Trinajstić information content (AvgIpc) is 2.66. The molecule has 6 heteroatoms. The third-order valence-corrected chi connectivity index (χ3v) is 4.51. The lowest BCUT2D eigenvalue weighted by atomic mass is 10.0. The molecule has 2 aromatic carbocycles. The molecule has 0 aliphatic rings. The quantitative estimate of drug-likeness (QED) is 0.511. The summed E-state index contributed by atoms with van der Waals surface area (Å²) in [5.74, 6) is 0.156. The number of nitrogens with one attached hydrogen (secondary N) is 3. The van der Waals surface area contributed by atoms with Gasteiger partial charge in [-0.25, -0.2) is 10.2 Å². The summed E-state index contributed by atoms with van der Waals surface area (Å²) in [7, 11) is 0. The number of hydrogen-bond donors (Lipinski definition) is 3. The molecule has 0 saturated heterocycles. The Balaban J connectivity index is 1.79. The van der Waals surface area contributed by atoms with Crippen molar-refractivity contribution in [3.8, 4) is 0 Å². The molecule has 144 valence electrons. The Kier molecular flexibility index (Phi) is 8.36. The Hall–Kier alpha value is -2.31. The minimum absolute atomic E-state index is 0.156. The molecule has 27 heavy (non-hydrogen) atoms. The van der Waals surface area contributed by atoms with E-state index in [0.717, 1.165) is 15.6 Å². The lowest BCUT2D eigenvalue weighted by Crippen LogP contribution is -2.46. The third-order valence-electron chi connectivity index (χ3n) is 3.98. The number of halogens is 1. The first-order valence-corrected chi connectivity index (χ1v) is 9.64. The van der Waals surface area contributed by atoms with E-state index in [9.17, 15) is 4.79 Å². The fourth-order valence-electron chi connectivity index (χ4n) is 2.49. The summed E-state index contributed by atoms with van der Waals surface area (Å²) in [4.78, 5) is 12.1. The molecule has 1 amide bonds. The van der Waals surface area contributed by atoms with E-state index in [1.807, 2.05) is 68.4 Å². The lowest BCUT2D eigenvalue weighted by Gasteiger charge is -2.25. The van der Waals surface area contributed by atoms with Gasteiger partial charge in [0, 0.05) is 16.7 Å². The molecule has 0 heterocycles. The van der Waals surface area contributed by atoms with E-state index in [4.69, 9.17) is 4.74 Å². The van der Waals surface area contributed by atoms with Crippen LogP contribution in [0, 0.1) is 5.92 Å². The Morgan fingerprint density at radius 2 is 1.74 bits per heavy atom. The van der Waals surface area contributed by atoms with Gasteiger partial charge in [0.25, 0.3) is 0 Å². The number of amides is 1. The molecular formula is C21H26BrN3O2. The first kappa shape index (κ1) is 21.0. The van der Waals surface area contributed by atoms with Crippen molar-refractivity contribution in [1.29, 1.82) is 0 Å². The van der Waals surface area contributed by atoms with Gasteiger partial charge in [0.05, 0.1) is 6.04 Å². The molecule has 0 unspecified atom stereocenters. The van der Waals surface area contributed by atoms with Crippen molar-refractivity contribution in [1.82, 2.24) is 16.2 Å². The maximum absolute atomic E-state index is 12.1. The van der Waals surface area contributed by atoms with Crippen molar-refractivity contribution in [2.24, 2.45) is 5.92 Å². The van der Waals surface area contributed by atoms with Crippen molar-refractivity contribution in [3.05, 3.63) is 82.5 Å². The van der Waals surface area contributed by atoms with Crippen LogP contribution in [0.1, 0.15) is 25.0 Å². The molecule has 2 rings (SSSR count). The Morgan fingerprint density at radius 3 is 2.37 bits per heavy atom. The van der Waals surface area contributed by atoms with E-state index in [-0.39, 0.29) is 18.6 Å². The summed E-state index contributed by atoms with van der Waals surface area (Å²) < 4.78 is 6.34. The van der Waals surface area contributed by atoms with Crippen molar-refractivity contribution < 1.29 is 9.53 Å². The van der Waals surface area contributed by atoms with Gasteiger partial charge < -0.3 is 15.5 Å². The maximum Gasteiger partial charge on any atom is 0.408 e. The number of ether oxygens (including phenoxy) is 1. The van der Waals surface area contributed by atoms with Gasteiger partial charge in [0.15, 0.2) is 0 Å². The highest BCUT2D eigenvalue weighted by molar-refractivity contribution is 9.10. The topological polar surface area (TPSA) is 62.4 Å². The summed E-state index contributed by atoms with van der Waals surface area (Å²) in [5, 5.41) is 2.87. The summed E-state index contributed by atoms with van der Waals surface area (Å²) in [6.45, 7) is 8.95. The van der Waals surface area contributed by atoms with E-state index in [0.29, 0.717) is 12.2 Å². The van der Waals surface area contributed by atoms with Crippen molar-refractivity contribution in [2.45, 2.75) is 33.0 Å². The van der Waals surface area contributed by atoms with E-state index >= 15 is 0 Å². The van der Waals surface area contributed by atoms with Crippen LogP contribution in [-0.2, 0) is 17.9 Å². The highest BCUT2D eigenvalue weighted by atomic mass is 79.9. The maximum atomic E-state index is 12.1. The molecule has 0 saturated carbocycles. The number of hydrazine groups is 1. The first-order chi connectivity index (χ1) is 13.0. The number of rotatable bonds is 9. The van der Waals surface area contributed by atoms with E-state index in [1.165, 1.54) is 0 Å². The molecule has 3 N–H and O–H groups in total. The van der Waals surface area contributed by atoms with Crippen LogP contribution >= 0.6 is 15.9 Å². The highest BCUT2D eigenvalue weighted by Crippen LogP contribution is 2.11. The van der Waals surface area contributed by atoms with Gasteiger partial charge in [-0.05, 0) is 29.2 Å². The SMILES string of the molecule is C=C(NNCc1ccc(Br)cc1)[C@@H](NC(=O)OCc1ccccc1)C(C)C. The molecule has 2 aromatic rings.